The summed E-state index contributed by atoms with van der Waals surface area (Å²) in [4.78, 5) is 14.6. The lowest BCUT2D eigenvalue weighted by Crippen LogP contribution is -2.39. The molecular weight excluding hydrogens is 272 g/mol. The standard InChI is InChI=1S/C19H30N2O/c1-15-6-4-5-7-18(15)16(2)14-19(22)21-12-9-17(10-13-21)8-11-20-3/h4-7,16-17,20H,8-14H2,1-3H3. The fraction of sp³-hybridized carbons (Fsp3) is 0.632. The van der Waals surface area contributed by atoms with Gasteiger partial charge in [-0.25, -0.2) is 0 Å². The monoisotopic (exact) mass is 302 g/mol. The number of hydrogen-bond acceptors (Lipinski definition) is 2. The van der Waals surface area contributed by atoms with Crippen LogP contribution < -0.4 is 5.32 Å². The topological polar surface area (TPSA) is 32.3 Å². The number of nitrogens with one attached hydrogen (secondary N) is 1. The highest BCUT2D eigenvalue weighted by atomic mass is 16.2. The highest BCUT2D eigenvalue weighted by molar-refractivity contribution is 5.77. The van der Waals surface area contributed by atoms with E-state index in [1.54, 1.807) is 0 Å². The number of carbonyl (C=O) groups is 1. The number of nitrogens with zero attached hydrogens (tertiary/aromatic N) is 1. The second kappa shape index (κ2) is 8.33. The Bertz CT molecular complexity index is 478. The lowest BCUT2D eigenvalue weighted by molar-refractivity contribution is -0.132. The van der Waals surface area contributed by atoms with Gasteiger partial charge in [0.25, 0.3) is 0 Å². The van der Waals surface area contributed by atoms with E-state index in [0.717, 1.165) is 38.4 Å². The van der Waals surface area contributed by atoms with Gasteiger partial charge < -0.3 is 10.2 Å². The molecule has 1 unspecified atom stereocenters. The zero-order chi connectivity index (χ0) is 15.9. The van der Waals surface area contributed by atoms with Gasteiger partial charge in [0.15, 0.2) is 0 Å². The number of rotatable bonds is 6. The molecule has 1 aromatic carbocycles. The highest BCUT2D eigenvalue weighted by Gasteiger charge is 2.24. The number of benzene rings is 1. The van der Waals surface area contributed by atoms with E-state index in [9.17, 15) is 4.79 Å². The fourth-order valence-electron chi connectivity index (χ4n) is 3.46. The van der Waals surface area contributed by atoms with Crippen molar-refractivity contribution in [3.63, 3.8) is 0 Å². The molecule has 122 valence electrons. The van der Waals surface area contributed by atoms with Gasteiger partial charge in [-0.2, -0.15) is 0 Å². The molecule has 0 aromatic heterocycles. The minimum atomic E-state index is 0.302. The van der Waals surface area contributed by atoms with E-state index in [2.05, 4.69) is 48.3 Å². The predicted octanol–water partition coefficient (Wildman–Crippen LogP) is 3.34. The van der Waals surface area contributed by atoms with E-state index >= 15 is 0 Å². The van der Waals surface area contributed by atoms with Gasteiger partial charge in [-0.05, 0) is 62.7 Å². The maximum absolute atomic E-state index is 12.5. The molecule has 1 aromatic rings. The summed E-state index contributed by atoms with van der Waals surface area (Å²) in [7, 11) is 2.01. The Kier molecular flexibility index (Phi) is 6.44. The molecule has 1 heterocycles. The van der Waals surface area contributed by atoms with Gasteiger partial charge in [-0.15, -0.1) is 0 Å². The lowest BCUT2D eigenvalue weighted by atomic mass is 9.91. The van der Waals surface area contributed by atoms with E-state index in [1.807, 2.05) is 7.05 Å². The van der Waals surface area contributed by atoms with Crippen molar-refractivity contribution in [3.8, 4) is 0 Å². The van der Waals surface area contributed by atoms with Crippen molar-refractivity contribution in [2.24, 2.45) is 5.92 Å². The van der Waals surface area contributed by atoms with Gasteiger partial charge in [0.2, 0.25) is 5.91 Å². The SMILES string of the molecule is CNCCC1CCN(C(=O)CC(C)c2ccccc2C)CC1. The first kappa shape index (κ1) is 17.0. The van der Waals surface area contributed by atoms with E-state index in [-0.39, 0.29) is 0 Å². The number of aryl methyl sites for hydroxylation is 1. The van der Waals surface area contributed by atoms with Crippen molar-refractivity contribution >= 4 is 5.91 Å². The zero-order valence-electron chi connectivity index (χ0n) is 14.3. The van der Waals surface area contributed by atoms with Crippen LogP contribution >= 0.6 is 0 Å². The van der Waals surface area contributed by atoms with Gasteiger partial charge in [0, 0.05) is 19.5 Å². The Morgan fingerprint density at radius 3 is 2.64 bits per heavy atom. The number of piperidine rings is 1. The Hall–Kier alpha value is -1.35. The molecule has 0 spiro atoms. The molecule has 1 fully saturated rings. The third-order valence-corrected chi connectivity index (χ3v) is 4.97. The van der Waals surface area contributed by atoms with Crippen LogP contribution in [0, 0.1) is 12.8 Å². The number of amides is 1. The van der Waals surface area contributed by atoms with E-state index in [0.29, 0.717) is 18.2 Å². The van der Waals surface area contributed by atoms with E-state index in [1.165, 1.54) is 17.5 Å². The van der Waals surface area contributed by atoms with Gasteiger partial charge in [0.1, 0.15) is 0 Å². The van der Waals surface area contributed by atoms with Crippen LogP contribution in [0.4, 0.5) is 0 Å². The third-order valence-electron chi connectivity index (χ3n) is 4.97. The Labute approximate surface area is 135 Å². The number of likely N-dealkylation sites (tertiary alicyclic amines) is 1. The highest BCUT2D eigenvalue weighted by Crippen LogP contribution is 2.25. The summed E-state index contributed by atoms with van der Waals surface area (Å²) in [6.45, 7) is 7.26. The van der Waals surface area contributed by atoms with Crippen LogP contribution in [-0.2, 0) is 4.79 Å². The van der Waals surface area contributed by atoms with Crippen LogP contribution in [0.15, 0.2) is 24.3 Å². The van der Waals surface area contributed by atoms with Gasteiger partial charge in [-0.1, -0.05) is 31.2 Å². The summed E-state index contributed by atoms with van der Waals surface area (Å²) in [5.41, 5.74) is 2.59. The van der Waals surface area contributed by atoms with Crippen molar-refractivity contribution in [2.45, 2.75) is 45.4 Å². The molecule has 1 saturated heterocycles. The normalized spacial score (nSPS) is 17.5. The molecule has 1 N–H and O–H groups in total. The first-order chi connectivity index (χ1) is 10.6. The van der Waals surface area contributed by atoms with Crippen molar-refractivity contribution in [2.75, 3.05) is 26.7 Å². The molecule has 22 heavy (non-hydrogen) atoms. The maximum Gasteiger partial charge on any atom is 0.223 e. The Morgan fingerprint density at radius 2 is 2.00 bits per heavy atom. The quantitative estimate of drug-likeness (QED) is 0.874. The number of carbonyl (C=O) groups excluding carboxylic acids is 1. The molecule has 0 aliphatic carbocycles. The van der Waals surface area contributed by atoms with Gasteiger partial charge in [-0.3, -0.25) is 4.79 Å². The summed E-state index contributed by atoms with van der Waals surface area (Å²) in [5, 5.41) is 3.22. The van der Waals surface area contributed by atoms with Crippen molar-refractivity contribution in [1.82, 2.24) is 10.2 Å². The number of hydrogen-bond donors (Lipinski definition) is 1. The third kappa shape index (κ3) is 4.57. The summed E-state index contributed by atoms with van der Waals surface area (Å²) >= 11 is 0. The Morgan fingerprint density at radius 1 is 1.32 bits per heavy atom. The van der Waals surface area contributed by atoms with E-state index < -0.39 is 0 Å². The zero-order valence-corrected chi connectivity index (χ0v) is 14.3. The molecule has 1 amide bonds. The molecule has 3 heteroatoms. The molecular formula is C19H30N2O. The maximum atomic E-state index is 12.5. The van der Waals surface area contributed by atoms with Crippen molar-refractivity contribution < 1.29 is 4.79 Å². The molecule has 1 atom stereocenters. The summed E-state index contributed by atoms with van der Waals surface area (Å²) in [5.74, 6) is 1.41. The van der Waals surface area contributed by atoms with Crippen LogP contribution in [0.3, 0.4) is 0 Å². The first-order valence-electron chi connectivity index (χ1n) is 8.59. The van der Waals surface area contributed by atoms with Crippen LogP contribution in [0.25, 0.3) is 0 Å². The Balaban J connectivity index is 1.82. The summed E-state index contributed by atoms with van der Waals surface area (Å²) in [6, 6.07) is 8.40. The van der Waals surface area contributed by atoms with E-state index in [4.69, 9.17) is 0 Å². The van der Waals surface area contributed by atoms with Gasteiger partial charge in [0.05, 0.1) is 0 Å². The second-order valence-corrected chi connectivity index (χ2v) is 6.68. The van der Waals surface area contributed by atoms with Crippen molar-refractivity contribution in [3.05, 3.63) is 35.4 Å². The molecule has 0 radical (unpaired) electrons. The van der Waals surface area contributed by atoms with Crippen LogP contribution in [0.1, 0.15) is 49.7 Å². The second-order valence-electron chi connectivity index (χ2n) is 6.68. The lowest BCUT2D eigenvalue weighted by Gasteiger charge is -2.33. The summed E-state index contributed by atoms with van der Waals surface area (Å²) in [6.07, 6.45) is 4.18. The molecule has 0 saturated carbocycles. The van der Waals surface area contributed by atoms with Crippen LogP contribution in [0.2, 0.25) is 0 Å². The predicted molar refractivity (Wildman–Crippen MR) is 92.1 cm³/mol. The first-order valence-corrected chi connectivity index (χ1v) is 8.59. The molecule has 3 nitrogen and oxygen atoms in total. The molecule has 0 bridgehead atoms. The average molecular weight is 302 g/mol. The van der Waals surface area contributed by atoms with Crippen molar-refractivity contribution in [1.29, 1.82) is 0 Å². The largest absolute Gasteiger partial charge is 0.343 e. The van der Waals surface area contributed by atoms with Gasteiger partial charge >= 0.3 is 0 Å². The molecule has 1 aliphatic rings. The minimum absolute atomic E-state index is 0.302. The molecule has 1 aliphatic heterocycles. The van der Waals surface area contributed by atoms with Crippen LogP contribution in [-0.4, -0.2) is 37.5 Å². The van der Waals surface area contributed by atoms with Crippen LogP contribution in [0.5, 0.6) is 0 Å². The fourth-order valence-corrected chi connectivity index (χ4v) is 3.46. The minimum Gasteiger partial charge on any atom is -0.343 e. The molecule has 2 rings (SSSR count). The summed E-state index contributed by atoms with van der Waals surface area (Å²) < 4.78 is 0. The average Bonchev–Trinajstić information content (AvgIpc) is 2.53. The smallest absolute Gasteiger partial charge is 0.223 e.